The van der Waals surface area contributed by atoms with Crippen molar-refractivity contribution in [3.05, 3.63) is 0 Å². The van der Waals surface area contributed by atoms with Gasteiger partial charge in [-0.1, -0.05) is 0 Å². The van der Waals surface area contributed by atoms with Crippen LogP contribution in [0.25, 0.3) is 0 Å². The van der Waals surface area contributed by atoms with Crippen molar-refractivity contribution in [2.24, 2.45) is 0 Å². The van der Waals surface area contributed by atoms with Crippen molar-refractivity contribution in [3.63, 3.8) is 0 Å². The van der Waals surface area contributed by atoms with Gasteiger partial charge in [-0.25, -0.2) is 0 Å². The summed E-state index contributed by atoms with van der Waals surface area (Å²) >= 11 is 0. The lowest BCUT2D eigenvalue weighted by molar-refractivity contribution is -0.142. The second-order valence-corrected chi connectivity index (χ2v) is 4.74. The van der Waals surface area contributed by atoms with Gasteiger partial charge < -0.3 is 15.7 Å². The molecule has 3 N–H and O–H groups in total. The van der Waals surface area contributed by atoms with Crippen LogP contribution in [-0.2, 0) is 4.79 Å². The van der Waals surface area contributed by atoms with Crippen LogP contribution in [0.3, 0.4) is 0 Å². The first-order chi connectivity index (χ1) is 7.21. The van der Waals surface area contributed by atoms with Crippen LogP contribution < -0.4 is 10.6 Å². The van der Waals surface area contributed by atoms with Crippen LogP contribution in [0.2, 0.25) is 0 Å². The van der Waals surface area contributed by atoms with E-state index in [1.807, 2.05) is 0 Å². The third kappa shape index (κ3) is 2.49. The standard InChI is InChI=1S/C11H20N2O2/c14-10(13-9-3-1-4-9)11(15)5-2-7-12-8-6-11/h9,12,15H,1-8H2,(H,13,14). The fourth-order valence-corrected chi connectivity index (χ4v) is 2.15. The van der Waals surface area contributed by atoms with Gasteiger partial charge in [-0.2, -0.15) is 0 Å². The highest BCUT2D eigenvalue weighted by molar-refractivity contribution is 5.85. The van der Waals surface area contributed by atoms with Crippen molar-refractivity contribution in [3.8, 4) is 0 Å². The van der Waals surface area contributed by atoms with Gasteiger partial charge in [0.1, 0.15) is 5.60 Å². The van der Waals surface area contributed by atoms with E-state index in [-0.39, 0.29) is 5.91 Å². The molecule has 0 bridgehead atoms. The molecule has 0 spiro atoms. The first-order valence-electron chi connectivity index (χ1n) is 5.95. The highest BCUT2D eigenvalue weighted by Gasteiger charge is 2.37. The van der Waals surface area contributed by atoms with E-state index in [9.17, 15) is 9.90 Å². The molecule has 2 fully saturated rings. The fourth-order valence-electron chi connectivity index (χ4n) is 2.15. The van der Waals surface area contributed by atoms with E-state index in [4.69, 9.17) is 0 Å². The third-order valence-electron chi connectivity index (χ3n) is 3.52. The Hall–Kier alpha value is -0.610. The zero-order valence-corrected chi connectivity index (χ0v) is 9.09. The molecule has 1 aliphatic heterocycles. The summed E-state index contributed by atoms with van der Waals surface area (Å²) < 4.78 is 0. The molecule has 4 heteroatoms. The molecule has 1 heterocycles. The van der Waals surface area contributed by atoms with Gasteiger partial charge in [0, 0.05) is 6.04 Å². The third-order valence-corrected chi connectivity index (χ3v) is 3.52. The van der Waals surface area contributed by atoms with Crippen molar-refractivity contribution in [1.29, 1.82) is 0 Å². The first-order valence-corrected chi connectivity index (χ1v) is 5.95. The largest absolute Gasteiger partial charge is 0.380 e. The maximum absolute atomic E-state index is 11.9. The van der Waals surface area contributed by atoms with Gasteiger partial charge in [-0.3, -0.25) is 4.79 Å². The Morgan fingerprint density at radius 3 is 2.73 bits per heavy atom. The summed E-state index contributed by atoms with van der Waals surface area (Å²) in [6, 6.07) is 0.317. The molecule has 1 unspecified atom stereocenters. The number of carbonyl (C=O) groups excluding carboxylic acids is 1. The van der Waals surface area contributed by atoms with Crippen LogP contribution >= 0.6 is 0 Å². The zero-order chi connectivity index (χ0) is 10.7. The van der Waals surface area contributed by atoms with E-state index >= 15 is 0 Å². The van der Waals surface area contributed by atoms with Gasteiger partial charge >= 0.3 is 0 Å². The molecule has 1 amide bonds. The van der Waals surface area contributed by atoms with Gasteiger partial charge in [-0.05, 0) is 51.6 Å². The monoisotopic (exact) mass is 212 g/mol. The summed E-state index contributed by atoms with van der Waals surface area (Å²) in [6.07, 6.45) is 5.32. The molecule has 15 heavy (non-hydrogen) atoms. The average Bonchev–Trinajstić information content (AvgIpc) is 2.37. The fraction of sp³-hybridized carbons (Fsp3) is 0.909. The minimum absolute atomic E-state index is 0.157. The molecule has 1 atom stereocenters. The number of aliphatic hydroxyl groups is 1. The summed E-state index contributed by atoms with van der Waals surface area (Å²) in [7, 11) is 0. The molecule has 1 aliphatic carbocycles. The lowest BCUT2D eigenvalue weighted by Crippen LogP contribution is -2.52. The Balaban J connectivity index is 1.89. The summed E-state index contributed by atoms with van der Waals surface area (Å²) in [5.41, 5.74) is -1.13. The van der Waals surface area contributed by atoms with E-state index in [1.165, 1.54) is 6.42 Å². The number of hydrogen-bond donors (Lipinski definition) is 3. The summed E-state index contributed by atoms with van der Waals surface area (Å²) in [5, 5.41) is 16.4. The van der Waals surface area contributed by atoms with E-state index in [0.717, 1.165) is 32.4 Å². The molecular formula is C11H20N2O2. The summed E-state index contributed by atoms with van der Waals surface area (Å²) in [5.74, 6) is -0.157. The van der Waals surface area contributed by atoms with Gasteiger partial charge in [0.25, 0.3) is 5.91 Å². The van der Waals surface area contributed by atoms with Crippen molar-refractivity contribution in [2.45, 2.75) is 50.2 Å². The van der Waals surface area contributed by atoms with Crippen molar-refractivity contribution >= 4 is 5.91 Å². The Morgan fingerprint density at radius 1 is 1.27 bits per heavy atom. The van der Waals surface area contributed by atoms with Crippen molar-refractivity contribution in [2.75, 3.05) is 13.1 Å². The SMILES string of the molecule is O=C(NC1CCC1)C1(O)CCCNCC1. The van der Waals surface area contributed by atoms with Crippen LogP contribution in [0.15, 0.2) is 0 Å². The Labute approximate surface area is 90.4 Å². The van der Waals surface area contributed by atoms with Gasteiger partial charge in [0.15, 0.2) is 0 Å². The second-order valence-electron chi connectivity index (χ2n) is 4.74. The van der Waals surface area contributed by atoms with E-state index in [1.54, 1.807) is 0 Å². The van der Waals surface area contributed by atoms with Crippen LogP contribution in [0.1, 0.15) is 38.5 Å². The van der Waals surface area contributed by atoms with Gasteiger partial charge in [-0.15, -0.1) is 0 Å². The number of rotatable bonds is 2. The highest BCUT2D eigenvalue weighted by Crippen LogP contribution is 2.23. The minimum Gasteiger partial charge on any atom is -0.380 e. The Morgan fingerprint density at radius 2 is 2.07 bits per heavy atom. The van der Waals surface area contributed by atoms with Crippen molar-refractivity contribution in [1.82, 2.24) is 10.6 Å². The first kappa shape index (κ1) is 10.9. The Kier molecular flexibility index (Phi) is 3.26. The smallest absolute Gasteiger partial charge is 0.252 e. The molecule has 0 aromatic rings. The van der Waals surface area contributed by atoms with E-state index < -0.39 is 5.60 Å². The molecule has 0 radical (unpaired) electrons. The predicted octanol–water partition coefficient (Wildman–Crippen LogP) is 0.160. The lowest BCUT2D eigenvalue weighted by atomic mass is 9.89. The summed E-state index contributed by atoms with van der Waals surface area (Å²) in [6.45, 7) is 1.63. The quantitative estimate of drug-likeness (QED) is 0.611. The molecule has 2 rings (SSSR count). The lowest BCUT2D eigenvalue weighted by Gasteiger charge is -2.32. The van der Waals surface area contributed by atoms with Gasteiger partial charge in [0.2, 0.25) is 0 Å². The molecular weight excluding hydrogens is 192 g/mol. The normalized spacial score (nSPS) is 32.9. The van der Waals surface area contributed by atoms with E-state index in [2.05, 4.69) is 10.6 Å². The second kappa shape index (κ2) is 4.49. The predicted molar refractivity (Wildman–Crippen MR) is 57.5 cm³/mol. The molecule has 1 saturated carbocycles. The van der Waals surface area contributed by atoms with Crippen molar-refractivity contribution < 1.29 is 9.90 Å². The highest BCUT2D eigenvalue weighted by atomic mass is 16.3. The van der Waals surface area contributed by atoms with E-state index in [0.29, 0.717) is 18.9 Å². The van der Waals surface area contributed by atoms with Crippen LogP contribution in [0.5, 0.6) is 0 Å². The average molecular weight is 212 g/mol. The molecule has 4 nitrogen and oxygen atoms in total. The number of amides is 1. The number of hydrogen-bond acceptors (Lipinski definition) is 3. The van der Waals surface area contributed by atoms with Gasteiger partial charge in [0.05, 0.1) is 0 Å². The maximum Gasteiger partial charge on any atom is 0.252 e. The molecule has 1 saturated heterocycles. The molecule has 2 aliphatic rings. The molecule has 86 valence electrons. The summed E-state index contributed by atoms with van der Waals surface area (Å²) in [4.78, 5) is 11.9. The molecule has 0 aromatic carbocycles. The number of carbonyl (C=O) groups is 1. The van der Waals surface area contributed by atoms with Crippen LogP contribution in [-0.4, -0.2) is 35.7 Å². The number of nitrogens with one attached hydrogen (secondary N) is 2. The Bertz CT molecular complexity index is 231. The maximum atomic E-state index is 11.9. The van der Waals surface area contributed by atoms with Crippen LogP contribution in [0, 0.1) is 0 Å². The van der Waals surface area contributed by atoms with Crippen LogP contribution in [0.4, 0.5) is 0 Å². The topological polar surface area (TPSA) is 61.4 Å². The zero-order valence-electron chi connectivity index (χ0n) is 9.09. The molecule has 0 aromatic heterocycles. The minimum atomic E-state index is -1.13.